The lowest BCUT2D eigenvalue weighted by Gasteiger charge is -2.50. The van der Waals surface area contributed by atoms with Gasteiger partial charge in [0.25, 0.3) is 0 Å². The molecule has 2 saturated heterocycles. The molecule has 0 aliphatic carbocycles. The number of methoxy groups -OCH3 is 1. The molecule has 2 N–H and O–H groups in total. The van der Waals surface area contributed by atoms with Crippen molar-refractivity contribution in [3.8, 4) is 5.88 Å². The number of likely N-dealkylation sites (tertiary alicyclic amines) is 1. The Morgan fingerprint density at radius 1 is 1.39 bits per heavy atom. The van der Waals surface area contributed by atoms with Crippen molar-refractivity contribution < 1.29 is 19.7 Å². The third-order valence-corrected chi connectivity index (χ3v) is 5.13. The number of pyridine rings is 1. The van der Waals surface area contributed by atoms with Gasteiger partial charge in [-0.25, -0.2) is 4.98 Å². The van der Waals surface area contributed by atoms with E-state index in [1.807, 2.05) is 18.3 Å². The highest BCUT2D eigenvalue weighted by Gasteiger charge is 2.48. The van der Waals surface area contributed by atoms with Gasteiger partial charge in [-0.2, -0.15) is 0 Å². The van der Waals surface area contributed by atoms with Crippen LogP contribution in [0.3, 0.4) is 0 Å². The summed E-state index contributed by atoms with van der Waals surface area (Å²) >= 11 is 0. The maximum absolute atomic E-state index is 10.3. The van der Waals surface area contributed by atoms with Gasteiger partial charge in [-0.05, 0) is 25.3 Å². The number of rotatable bonds is 3. The van der Waals surface area contributed by atoms with Gasteiger partial charge < -0.3 is 19.7 Å². The van der Waals surface area contributed by atoms with Crippen molar-refractivity contribution in [2.24, 2.45) is 0 Å². The Bertz CT molecular complexity index is 524. The number of aromatic nitrogens is 1. The third kappa shape index (κ3) is 3.66. The summed E-state index contributed by atoms with van der Waals surface area (Å²) in [6, 6.07) is 3.91. The molecule has 3 heterocycles. The molecule has 0 amide bonds. The van der Waals surface area contributed by atoms with E-state index in [1.54, 1.807) is 14.0 Å². The Morgan fingerprint density at radius 3 is 2.70 bits per heavy atom. The molecule has 2 atom stereocenters. The molecule has 0 aromatic carbocycles. The quantitative estimate of drug-likeness (QED) is 0.863. The summed E-state index contributed by atoms with van der Waals surface area (Å²) in [6.07, 6.45) is 3.30. The summed E-state index contributed by atoms with van der Waals surface area (Å²) in [4.78, 5) is 6.61. The van der Waals surface area contributed by atoms with Gasteiger partial charge in [0.15, 0.2) is 0 Å². The molecule has 6 nitrogen and oxygen atoms in total. The van der Waals surface area contributed by atoms with Crippen LogP contribution in [0.25, 0.3) is 0 Å². The first-order chi connectivity index (χ1) is 10.9. The largest absolute Gasteiger partial charge is 0.481 e. The summed E-state index contributed by atoms with van der Waals surface area (Å²) < 4.78 is 11.0. The third-order valence-electron chi connectivity index (χ3n) is 5.13. The predicted molar refractivity (Wildman–Crippen MR) is 85.2 cm³/mol. The average Bonchev–Trinajstić information content (AvgIpc) is 2.54. The van der Waals surface area contributed by atoms with Gasteiger partial charge in [0.05, 0.1) is 24.9 Å². The first-order valence-corrected chi connectivity index (χ1v) is 8.18. The fourth-order valence-corrected chi connectivity index (χ4v) is 3.58. The molecule has 1 aromatic heterocycles. The van der Waals surface area contributed by atoms with Crippen LogP contribution in [0.2, 0.25) is 0 Å². The lowest BCUT2D eigenvalue weighted by Crippen LogP contribution is -2.59. The number of hydrogen-bond donors (Lipinski definition) is 2. The van der Waals surface area contributed by atoms with Crippen LogP contribution in [0, 0.1) is 0 Å². The van der Waals surface area contributed by atoms with Crippen LogP contribution in [-0.4, -0.2) is 64.2 Å². The number of aliphatic hydroxyl groups excluding tert-OH is 1. The molecule has 2 fully saturated rings. The summed E-state index contributed by atoms with van der Waals surface area (Å²) in [6.45, 7) is 4.61. The highest BCUT2D eigenvalue weighted by molar-refractivity contribution is 5.17. The fraction of sp³-hybridized carbons (Fsp3) is 0.706. The van der Waals surface area contributed by atoms with Crippen LogP contribution in [-0.2, 0) is 11.3 Å². The van der Waals surface area contributed by atoms with E-state index in [9.17, 15) is 10.2 Å². The number of piperidine rings is 1. The molecule has 3 rings (SSSR count). The molecule has 23 heavy (non-hydrogen) atoms. The summed E-state index contributed by atoms with van der Waals surface area (Å²) in [7, 11) is 1.61. The SMILES string of the molecule is COc1ccc(CN2CCC3(CC2)C[C@](C)(O)[C@@H](O)CO3)cn1. The average molecular weight is 322 g/mol. The first kappa shape index (κ1) is 16.6. The summed E-state index contributed by atoms with van der Waals surface area (Å²) in [5.74, 6) is 0.628. The number of aliphatic hydroxyl groups is 2. The van der Waals surface area contributed by atoms with Gasteiger partial charge in [-0.3, -0.25) is 4.90 Å². The highest BCUT2D eigenvalue weighted by Crippen LogP contribution is 2.39. The first-order valence-electron chi connectivity index (χ1n) is 8.18. The van der Waals surface area contributed by atoms with Gasteiger partial charge in [0, 0.05) is 38.3 Å². The molecular formula is C17H26N2O4. The van der Waals surface area contributed by atoms with Crippen molar-refractivity contribution in [3.05, 3.63) is 23.9 Å². The minimum Gasteiger partial charge on any atom is -0.481 e. The zero-order chi connectivity index (χ0) is 16.5. The van der Waals surface area contributed by atoms with E-state index in [0.717, 1.165) is 38.0 Å². The van der Waals surface area contributed by atoms with Crippen molar-refractivity contribution in [2.45, 2.75) is 50.0 Å². The topological polar surface area (TPSA) is 75.1 Å². The smallest absolute Gasteiger partial charge is 0.212 e. The molecule has 0 unspecified atom stereocenters. The Balaban J connectivity index is 1.56. The zero-order valence-corrected chi connectivity index (χ0v) is 13.9. The molecule has 1 spiro atoms. The van der Waals surface area contributed by atoms with Crippen LogP contribution in [0.1, 0.15) is 31.7 Å². The maximum Gasteiger partial charge on any atom is 0.212 e. The maximum atomic E-state index is 10.3. The molecule has 0 saturated carbocycles. The van der Waals surface area contributed by atoms with Gasteiger partial charge in [0.2, 0.25) is 5.88 Å². The molecule has 0 bridgehead atoms. The Morgan fingerprint density at radius 2 is 2.13 bits per heavy atom. The number of nitrogens with zero attached hydrogens (tertiary/aromatic N) is 2. The van der Waals surface area contributed by atoms with E-state index in [2.05, 4.69) is 9.88 Å². The molecule has 2 aliphatic heterocycles. The Kier molecular flexibility index (Phi) is 4.60. The van der Waals surface area contributed by atoms with Crippen molar-refractivity contribution in [2.75, 3.05) is 26.8 Å². The minimum absolute atomic E-state index is 0.218. The molecule has 2 aliphatic rings. The molecule has 128 valence electrons. The normalized spacial score (nSPS) is 31.2. The predicted octanol–water partition coefficient (Wildman–Crippen LogP) is 0.957. The van der Waals surface area contributed by atoms with Gasteiger partial charge >= 0.3 is 0 Å². The van der Waals surface area contributed by atoms with E-state index in [4.69, 9.17) is 9.47 Å². The van der Waals surface area contributed by atoms with Crippen molar-refractivity contribution in [1.29, 1.82) is 0 Å². The Labute approximate surface area is 137 Å². The van der Waals surface area contributed by atoms with Crippen LogP contribution in [0.15, 0.2) is 18.3 Å². The van der Waals surface area contributed by atoms with Crippen molar-refractivity contribution in [3.63, 3.8) is 0 Å². The van der Waals surface area contributed by atoms with E-state index in [-0.39, 0.29) is 12.2 Å². The summed E-state index contributed by atoms with van der Waals surface area (Å²) in [5.41, 5.74) is -0.189. The number of ether oxygens (including phenoxy) is 2. The second-order valence-electron chi connectivity index (χ2n) is 7.03. The van der Waals surface area contributed by atoms with Crippen molar-refractivity contribution >= 4 is 0 Å². The fourth-order valence-electron chi connectivity index (χ4n) is 3.58. The lowest BCUT2D eigenvalue weighted by atomic mass is 9.76. The summed E-state index contributed by atoms with van der Waals surface area (Å²) in [5, 5.41) is 20.2. The van der Waals surface area contributed by atoms with Gasteiger partial charge in [-0.15, -0.1) is 0 Å². The molecular weight excluding hydrogens is 296 g/mol. The van der Waals surface area contributed by atoms with E-state index >= 15 is 0 Å². The highest BCUT2D eigenvalue weighted by atomic mass is 16.5. The molecule has 6 heteroatoms. The lowest BCUT2D eigenvalue weighted by molar-refractivity contribution is -0.223. The van der Waals surface area contributed by atoms with E-state index in [1.165, 1.54) is 0 Å². The van der Waals surface area contributed by atoms with Crippen LogP contribution >= 0.6 is 0 Å². The number of hydrogen-bond acceptors (Lipinski definition) is 6. The van der Waals surface area contributed by atoms with Crippen molar-refractivity contribution in [1.82, 2.24) is 9.88 Å². The van der Waals surface area contributed by atoms with Crippen LogP contribution in [0.5, 0.6) is 5.88 Å². The molecule has 1 aromatic rings. The second-order valence-corrected chi connectivity index (χ2v) is 7.03. The van der Waals surface area contributed by atoms with Gasteiger partial charge in [-0.1, -0.05) is 6.07 Å². The van der Waals surface area contributed by atoms with Gasteiger partial charge in [0.1, 0.15) is 6.10 Å². The second kappa shape index (κ2) is 6.36. The van der Waals surface area contributed by atoms with Crippen LogP contribution < -0.4 is 4.74 Å². The van der Waals surface area contributed by atoms with Crippen LogP contribution in [0.4, 0.5) is 0 Å². The zero-order valence-electron chi connectivity index (χ0n) is 13.9. The standard InChI is InChI=1S/C17H26N2O4/c1-16(21)12-17(23-11-14(16)20)5-7-19(8-6-17)10-13-3-4-15(22-2)18-9-13/h3-4,9,14,20-21H,5-8,10-12H2,1-2H3/t14-,16-/m0/s1. The minimum atomic E-state index is -1.06. The molecule has 0 radical (unpaired) electrons. The van der Waals surface area contributed by atoms with E-state index < -0.39 is 11.7 Å². The van der Waals surface area contributed by atoms with E-state index in [0.29, 0.717) is 12.3 Å². The monoisotopic (exact) mass is 322 g/mol. The Hall–Kier alpha value is -1.21.